The number of allylic oxidation sites excluding steroid dienone is 2. The third kappa shape index (κ3) is 4.17. The lowest BCUT2D eigenvalue weighted by atomic mass is 9.44. The van der Waals surface area contributed by atoms with E-state index in [0.717, 1.165) is 47.1 Å². The maximum atomic E-state index is 4.97. The van der Waals surface area contributed by atoms with Crippen LogP contribution in [0.15, 0.2) is 44.6 Å². The van der Waals surface area contributed by atoms with Crippen molar-refractivity contribution in [2.45, 2.75) is 110 Å². The first-order valence-electron chi connectivity index (χ1n) is 15.3. The molecule has 0 saturated heterocycles. The summed E-state index contributed by atoms with van der Waals surface area (Å²) in [4.78, 5) is 7.95. The van der Waals surface area contributed by atoms with E-state index in [1.54, 1.807) is 10.5 Å². The molecular weight excluding hydrogens is 454 g/mol. The number of para-hydroxylation sites is 1. The molecule has 5 aliphatic rings. The molecule has 0 radical (unpaired) electrons. The van der Waals surface area contributed by atoms with Gasteiger partial charge in [0.05, 0.1) is 5.69 Å². The lowest BCUT2D eigenvalue weighted by Gasteiger charge is -2.61. The van der Waals surface area contributed by atoms with E-state index in [4.69, 9.17) is 4.99 Å². The molecule has 8 atom stereocenters. The molecule has 3 fully saturated rings. The summed E-state index contributed by atoms with van der Waals surface area (Å²) in [6.45, 7) is 12.8. The van der Waals surface area contributed by atoms with Gasteiger partial charge in [0, 0.05) is 11.1 Å². The zero-order valence-corrected chi connectivity index (χ0v) is 24.4. The fourth-order valence-electron chi connectivity index (χ4n) is 10.2. The lowest BCUT2D eigenvalue weighted by molar-refractivity contribution is -0.102. The second-order valence-corrected chi connectivity index (χ2v) is 15.5. The minimum atomic E-state index is 0.465. The minimum absolute atomic E-state index is 0.465. The molecule has 6 rings (SSSR count). The highest BCUT2D eigenvalue weighted by atomic mass is 32.2. The Hall–Kier alpha value is -1.02. The highest BCUT2D eigenvalue weighted by Gasteiger charge is 2.60. The number of rotatable bonds is 5. The number of thioether (sulfide) groups is 1. The predicted octanol–water partition coefficient (Wildman–Crippen LogP) is 10.5. The van der Waals surface area contributed by atoms with Crippen molar-refractivity contribution in [2.24, 2.45) is 57.2 Å². The molecule has 0 bridgehead atoms. The van der Waals surface area contributed by atoms with Gasteiger partial charge in [-0.25, -0.2) is 0 Å². The van der Waals surface area contributed by atoms with Crippen molar-refractivity contribution in [3.05, 3.63) is 34.7 Å². The van der Waals surface area contributed by atoms with E-state index in [9.17, 15) is 0 Å². The highest BCUT2D eigenvalue weighted by Crippen LogP contribution is 2.69. The number of benzene rings is 1. The molecule has 2 heteroatoms. The summed E-state index contributed by atoms with van der Waals surface area (Å²) in [5.41, 5.74) is 3.79. The summed E-state index contributed by atoms with van der Waals surface area (Å²) < 4.78 is 0. The summed E-state index contributed by atoms with van der Waals surface area (Å²) in [6.07, 6.45) is 18.0. The average molecular weight is 504 g/mol. The fraction of sp³-hybridized carbons (Fsp3) is 0.735. The summed E-state index contributed by atoms with van der Waals surface area (Å²) in [5, 5.41) is 0. The first-order valence-corrected chi connectivity index (χ1v) is 16.1. The standard InChI is InChI=1S/C34H49NS/c1-22(2)9-8-10-23(3)27-15-16-28-26-14-13-25-19-32-24(21-35-30-11-6-7-12-31(30)36-32)20-34(25,5)29(26)17-18-33(27,28)4/h6-7,11-12,21-23,25-29H,8-10,13-20H2,1-5H3/t23-,25+,26-,27-,28+,29+,33-,34+/m1/s1. The molecule has 0 spiro atoms. The van der Waals surface area contributed by atoms with Crippen LogP contribution in [0.3, 0.4) is 0 Å². The number of aliphatic imine (C=N–C) groups is 1. The van der Waals surface area contributed by atoms with Gasteiger partial charge in [0.2, 0.25) is 0 Å². The van der Waals surface area contributed by atoms with Gasteiger partial charge in [0.15, 0.2) is 0 Å². The van der Waals surface area contributed by atoms with Crippen molar-refractivity contribution in [1.82, 2.24) is 0 Å². The van der Waals surface area contributed by atoms with Crippen LogP contribution in [-0.2, 0) is 0 Å². The van der Waals surface area contributed by atoms with Crippen LogP contribution < -0.4 is 0 Å². The average Bonchev–Trinajstić information content (AvgIpc) is 3.10. The number of fused-ring (bicyclic) bond motifs is 6. The second kappa shape index (κ2) is 9.62. The van der Waals surface area contributed by atoms with Crippen LogP contribution in [0.4, 0.5) is 5.69 Å². The Balaban J connectivity index is 1.21. The Morgan fingerprint density at radius 1 is 0.944 bits per heavy atom. The van der Waals surface area contributed by atoms with Gasteiger partial charge in [-0.15, -0.1) is 0 Å². The quantitative estimate of drug-likeness (QED) is 0.389. The first kappa shape index (κ1) is 25.3. The molecule has 1 aromatic carbocycles. The molecule has 196 valence electrons. The zero-order valence-electron chi connectivity index (χ0n) is 23.6. The normalized spacial score (nSPS) is 40.1. The lowest BCUT2D eigenvalue weighted by Crippen LogP contribution is -2.53. The van der Waals surface area contributed by atoms with Gasteiger partial charge in [-0.05, 0) is 126 Å². The van der Waals surface area contributed by atoms with Gasteiger partial charge in [-0.3, -0.25) is 4.99 Å². The number of hydrogen-bond donors (Lipinski definition) is 0. The molecule has 1 aromatic rings. The Morgan fingerprint density at radius 2 is 1.75 bits per heavy atom. The van der Waals surface area contributed by atoms with Crippen molar-refractivity contribution in [2.75, 3.05) is 0 Å². The number of nitrogens with zero attached hydrogens (tertiary/aromatic N) is 1. The molecular formula is C34H49NS. The van der Waals surface area contributed by atoms with Crippen LogP contribution in [0.25, 0.3) is 0 Å². The molecule has 0 unspecified atom stereocenters. The van der Waals surface area contributed by atoms with Crippen LogP contribution >= 0.6 is 11.8 Å². The fourth-order valence-corrected chi connectivity index (χ4v) is 11.4. The second-order valence-electron chi connectivity index (χ2n) is 14.3. The number of hydrogen-bond acceptors (Lipinski definition) is 2. The van der Waals surface area contributed by atoms with E-state index in [-0.39, 0.29) is 0 Å². The van der Waals surface area contributed by atoms with Crippen LogP contribution in [0.5, 0.6) is 0 Å². The minimum Gasteiger partial charge on any atom is -0.255 e. The maximum absolute atomic E-state index is 4.97. The van der Waals surface area contributed by atoms with Crippen LogP contribution in [0, 0.1) is 52.3 Å². The molecule has 0 aromatic heterocycles. The molecule has 36 heavy (non-hydrogen) atoms. The SMILES string of the molecule is CC(C)CCC[C@@H](C)[C@H]1CC[C@H]2[C@H]3CC[C@H]4CC5=C(C=Nc6ccccc6S5)C[C@]4(C)[C@H]3CC[C@]12C. The van der Waals surface area contributed by atoms with E-state index >= 15 is 0 Å². The van der Waals surface area contributed by atoms with Crippen LogP contribution in [0.2, 0.25) is 0 Å². The largest absolute Gasteiger partial charge is 0.255 e. The van der Waals surface area contributed by atoms with E-state index in [2.05, 4.69) is 65.1 Å². The van der Waals surface area contributed by atoms with Crippen molar-refractivity contribution in [3.63, 3.8) is 0 Å². The summed E-state index contributed by atoms with van der Waals surface area (Å²) in [7, 11) is 0. The molecule has 1 nitrogen and oxygen atoms in total. The van der Waals surface area contributed by atoms with Crippen LogP contribution in [0.1, 0.15) is 105 Å². The van der Waals surface area contributed by atoms with E-state index in [1.807, 2.05) is 11.8 Å². The topological polar surface area (TPSA) is 12.4 Å². The van der Waals surface area contributed by atoms with Gasteiger partial charge >= 0.3 is 0 Å². The Labute approximate surface area is 225 Å². The third-order valence-electron chi connectivity index (χ3n) is 12.1. The van der Waals surface area contributed by atoms with Crippen molar-refractivity contribution in [1.29, 1.82) is 0 Å². The molecule has 4 aliphatic carbocycles. The summed E-state index contributed by atoms with van der Waals surface area (Å²) >= 11 is 2.03. The van der Waals surface area contributed by atoms with Gasteiger partial charge in [0.1, 0.15) is 0 Å². The van der Waals surface area contributed by atoms with Gasteiger partial charge in [-0.1, -0.05) is 77.8 Å². The first-order chi connectivity index (χ1) is 17.3. The van der Waals surface area contributed by atoms with E-state index in [0.29, 0.717) is 10.8 Å². The molecule has 1 heterocycles. The molecule has 1 aliphatic heterocycles. The van der Waals surface area contributed by atoms with Crippen molar-refractivity contribution < 1.29 is 0 Å². The molecule has 0 amide bonds. The monoisotopic (exact) mass is 503 g/mol. The third-order valence-corrected chi connectivity index (χ3v) is 13.3. The maximum Gasteiger partial charge on any atom is 0.0768 e. The Morgan fingerprint density at radius 3 is 2.58 bits per heavy atom. The van der Waals surface area contributed by atoms with Crippen molar-refractivity contribution >= 4 is 23.7 Å². The molecule has 3 saturated carbocycles. The Kier molecular flexibility index (Phi) is 6.75. The van der Waals surface area contributed by atoms with Crippen molar-refractivity contribution in [3.8, 4) is 0 Å². The highest BCUT2D eigenvalue weighted by molar-refractivity contribution is 8.03. The Bertz CT molecular complexity index is 1040. The van der Waals surface area contributed by atoms with Gasteiger partial charge in [-0.2, -0.15) is 0 Å². The smallest absolute Gasteiger partial charge is 0.0768 e. The summed E-state index contributed by atoms with van der Waals surface area (Å²) in [6, 6.07) is 8.75. The van der Waals surface area contributed by atoms with Crippen LogP contribution in [-0.4, -0.2) is 6.21 Å². The zero-order chi connectivity index (χ0) is 25.1. The van der Waals surface area contributed by atoms with Gasteiger partial charge in [0.25, 0.3) is 0 Å². The predicted molar refractivity (Wildman–Crippen MR) is 156 cm³/mol. The summed E-state index contributed by atoms with van der Waals surface area (Å²) in [5.74, 6) is 6.45. The van der Waals surface area contributed by atoms with Gasteiger partial charge < -0.3 is 0 Å². The van der Waals surface area contributed by atoms with E-state index in [1.165, 1.54) is 75.5 Å². The van der Waals surface area contributed by atoms with E-state index < -0.39 is 0 Å². The molecule has 0 N–H and O–H groups in total.